The number of thioether (sulfide) groups is 1. The largest absolute Gasteiger partial charge is 0.326 e. The van der Waals surface area contributed by atoms with Gasteiger partial charge in [0.15, 0.2) is 5.17 Å². The third kappa shape index (κ3) is 5.19. The normalized spacial score (nSPS) is 21.5. The van der Waals surface area contributed by atoms with Crippen LogP contribution >= 0.6 is 23.1 Å². The van der Waals surface area contributed by atoms with Crippen LogP contribution in [0.15, 0.2) is 56.5 Å². The third-order valence-electron chi connectivity index (χ3n) is 5.28. The van der Waals surface area contributed by atoms with Gasteiger partial charge in [-0.1, -0.05) is 55.3 Å². The number of anilines is 1. The summed E-state index contributed by atoms with van der Waals surface area (Å²) in [4.78, 5) is 27.3. The number of benzene rings is 1. The lowest BCUT2D eigenvalue weighted by atomic mass is 9.94. The lowest BCUT2D eigenvalue weighted by molar-refractivity contribution is -0.130. The van der Waals surface area contributed by atoms with Gasteiger partial charge in [0.25, 0.3) is 10.0 Å². The Kier molecular flexibility index (Phi) is 6.78. The highest BCUT2D eigenvalue weighted by Gasteiger charge is 2.43. The quantitative estimate of drug-likeness (QED) is 0.676. The van der Waals surface area contributed by atoms with Crippen LogP contribution in [0.1, 0.15) is 38.5 Å². The fourth-order valence-electron chi connectivity index (χ4n) is 3.81. The molecule has 2 fully saturated rings. The molecular formula is C21H23N3O4S3. The molecule has 31 heavy (non-hydrogen) atoms. The number of amides is 2. The van der Waals surface area contributed by atoms with Gasteiger partial charge in [0.05, 0.1) is 0 Å². The first-order valence-electron chi connectivity index (χ1n) is 10.2. The van der Waals surface area contributed by atoms with E-state index in [4.69, 9.17) is 0 Å². The van der Waals surface area contributed by atoms with Crippen LogP contribution in [-0.2, 0) is 19.6 Å². The van der Waals surface area contributed by atoms with Gasteiger partial charge in [0.1, 0.15) is 9.46 Å². The van der Waals surface area contributed by atoms with Gasteiger partial charge in [-0.2, -0.15) is 8.42 Å². The molecule has 2 aliphatic rings. The van der Waals surface area contributed by atoms with Gasteiger partial charge in [-0.15, -0.1) is 15.7 Å². The SMILES string of the molecule is O=C(CC1S/C(=N\S(=O)(=O)c2cccs2)N(C2CCCCC2)C1=O)Nc1ccccc1. The van der Waals surface area contributed by atoms with Gasteiger partial charge in [0, 0.05) is 18.2 Å². The second-order valence-electron chi connectivity index (χ2n) is 7.51. The fraction of sp³-hybridized carbons (Fsp3) is 0.381. The van der Waals surface area contributed by atoms with Crippen molar-refractivity contribution < 1.29 is 18.0 Å². The van der Waals surface area contributed by atoms with Crippen LogP contribution in [0.4, 0.5) is 5.69 Å². The maximum atomic E-state index is 13.2. The van der Waals surface area contributed by atoms with E-state index in [0.717, 1.165) is 55.2 Å². The number of nitrogens with one attached hydrogen (secondary N) is 1. The van der Waals surface area contributed by atoms with Crippen LogP contribution in [0.5, 0.6) is 0 Å². The summed E-state index contributed by atoms with van der Waals surface area (Å²) in [5.74, 6) is -0.525. The molecule has 1 N–H and O–H groups in total. The molecule has 4 rings (SSSR count). The number of para-hydroxylation sites is 1. The van der Waals surface area contributed by atoms with Crippen molar-refractivity contribution in [1.29, 1.82) is 0 Å². The van der Waals surface area contributed by atoms with Gasteiger partial charge in [-0.3, -0.25) is 14.5 Å². The highest BCUT2D eigenvalue weighted by molar-refractivity contribution is 8.16. The number of rotatable bonds is 6. The summed E-state index contributed by atoms with van der Waals surface area (Å²) in [6, 6.07) is 12.1. The molecular weight excluding hydrogens is 454 g/mol. The third-order valence-corrected chi connectivity index (χ3v) is 9.19. The Hall–Kier alpha value is -2.17. The van der Waals surface area contributed by atoms with Gasteiger partial charge in [-0.05, 0) is 36.4 Å². The van der Waals surface area contributed by atoms with E-state index in [1.807, 2.05) is 18.2 Å². The molecule has 1 unspecified atom stereocenters. The second kappa shape index (κ2) is 9.54. The molecule has 7 nitrogen and oxygen atoms in total. The number of amidine groups is 1. The summed E-state index contributed by atoms with van der Waals surface area (Å²) < 4.78 is 29.7. The second-order valence-corrected chi connectivity index (χ2v) is 11.5. The molecule has 2 amide bonds. The molecule has 1 atom stereocenters. The minimum atomic E-state index is -3.90. The molecule has 2 heterocycles. The molecule has 1 aromatic heterocycles. The first kappa shape index (κ1) is 22.0. The first-order valence-corrected chi connectivity index (χ1v) is 13.4. The molecule has 1 aromatic carbocycles. The van der Waals surface area contributed by atoms with Crippen LogP contribution in [0.3, 0.4) is 0 Å². The number of sulfonamides is 1. The zero-order valence-corrected chi connectivity index (χ0v) is 19.2. The lowest BCUT2D eigenvalue weighted by Crippen LogP contribution is -2.42. The predicted octanol–water partition coefficient (Wildman–Crippen LogP) is 4.10. The van der Waals surface area contributed by atoms with Crippen molar-refractivity contribution in [1.82, 2.24) is 4.90 Å². The van der Waals surface area contributed by atoms with Crippen molar-refractivity contribution in [3.8, 4) is 0 Å². The summed E-state index contributed by atoms with van der Waals surface area (Å²) in [5, 5.41) is 3.96. The minimum Gasteiger partial charge on any atom is -0.326 e. The van der Waals surface area contributed by atoms with Crippen LogP contribution < -0.4 is 5.32 Å². The molecule has 0 bridgehead atoms. The monoisotopic (exact) mass is 477 g/mol. The summed E-state index contributed by atoms with van der Waals surface area (Å²) >= 11 is 2.17. The van der Waals surface area contributed by atoms with E-state index < -0.39 is 15.3 Å². The molecule has 10 heteroatoms. The van der Waals surface area contributed by atoms with Gasteiger partial charge in [0.2, 0.25) is 11.8 Å². The van der Waals surface area contributed by atoms with Crippen LogP contribution in [0, 0.1) is 0 Å². The number of nitrogens with zero attached hydrogens (tertiary/aromatic N) is 2. The molecule has 1 aliphatic heterocycles. The smallest absolute Gasteiger partial charge is 0.294 e. The summed E-state index contributed by atoms with van der Waals surface area (Å²) in [6.07, 6.45) is 4.67. The first-order chi connectivity index (χ1) is 14.9. The van der Waals surface area contributed by atoms with E-state index in [1.54, 1.807) is 23.6 Å². The zero-order valence-electron chi connectivity index (χ0n) is 16.8. The maximum absolute atomic E-state index is 13.2. The molecule has 1 saturated heterocycles. The fourth-order valence-corrected chi connectivity index (χ4v) is 7.18. The maximum Gasteiger partial charge on any atom is 0.294 e. The van der Waals surface area contributed by atoms with E-state index in [9.17, 15) is 18.0 Å². The van der Waals surface area contributed by atoms with Crippen molar-refractivity contribution >= 4 is 55.8 Å². The van der Waals surface area contributed by atoms with Crippen molar-refractivity contribution in [3.63, 3.8) is 0 Å². The van der Waals surface area contributed by atoms with Gasteiger partial charge < -0.3 is 5.32 Å². The van der Waals surface area contributed by atoms with Crippen molar-refractivity contribution in [2.24, 2.45) is 4.40 Å². The highest BCUT2D eigenvalue weighted by atomic mass is 32.2. The average molecular weight is 478 g/mol. The Labute approximate surface area is 190 Å². The number of carbonyl (C=O) groups is 2. The van der Waals surface area contributed by atoms with E-state index in [0.29, 0.717) is 5.69 Å². The van der Waals surface area contributed by atoms with Gasteiger partial charge >= 0.3 is 0 Å². The number of carbonyl (C=O) groups excluding carboxylic acids is 2. The number of hydrogen-bond acceptors (Lipinski definition) is 6. The summed E-state index contributed by atoms with van der Waals surface area (Å²) in [7, 11) is -3.90. The average Bonchev–Trinajstić information content (AvgIpc) is 3.39. The van der Waals surface area contributed by atoms with Crippen LogP contribution in [-0.4, -0.2) is 41.6 Å². The van der Waals surface area contributed by atoms with E-state index in [1.165, 1.54) is 11.0 Å². The lowest BCUT2D eigenvalue weighted by Gasteiger charge is -2.30. The molecule has 0 spiro atoms. The molecule has 1 saturated carbocycles. The summed E-state index contributed by atoms with van der Waals surface area (Å²) in [6.45, 7) is 0. The van der Waals surface area contributed by atoms with Crippen LogP contribution in [0.2, 0.25) is 0 Å². The van der Waals surface area contributed by atoms with E-state index in [2.05, 4.69) is 9.71 Å². The number of hydrogen-bond donors (Lipinski definition) is 1. The molecule has 0 radical (unpaired) electrons. The Morgan fingerprint density at radius 3 is 2.52 bits per heavy atom. The highest BCUT2D eigenvalue weighted by Crippen LogP contribution is 2.36. The Balaban J connectivity index is 1.56. The standard InChI is InChI=1S/C21H23N3O4S3/c25-18(22-15-8-3-1-4-9-15)14-17-20(26)24(16-10-5-2-6-11-16)21(30-17)23-31(27,28)19-12-7-13-29-19/h1,3-4,7-9,12-13,16-17H,2,5-6,10-11,14H2,(H,22,25)/b23-21-. The Bertz CT molecular complexity index is 1060. The molecule has 1 aliphatic carbocycles. The molecule has 164 valence electrons. The van der Waals surface area contributed by atoms with Crippen molar-refractivity contribution in [3.05, 3.63) is 47.8 Å². The predicted molar refractivity (Wildman–Crippen MR) is 124 cm³/mol. The number of thiophene rings is 1. The van der Waals surface area contributed by atoms with Crippen molar-refractivity contribution in [2.75, 3.05) is 5.32 Å². The Morgan fingerprint density at radius 1 is 1.10 bits per heavy atom. The zero-order chi connectivity index (χ0) is 21.8. The minimum absolute atomic E-state index is 0.0420. The van der Waals surface area contributed by atoms with Crippen LogP contribution in [0.25, 0.3) is 0 Å². The van der Waals surface area contributed by atoms with E-state index in [-0.39, 0.29) is 33.7 Å². The topological polar surface area (TPSA) is 95.9 Å². The van der Waals surface area contributed by atoms with Gasteiger partial charge in [-0.25, -0.2) is 0 Å². The summed E-state index contributed by atoms with van der Waals surface area (Å²) in [5.41, 5.74) is 0.654. The van der Waals surface area contributed by atoms with E-state index >= 15 is 0 Å². The molecule has 2 aromatic rings. The van der Waals surface area contributed by atoms with Crippen molar-refractivity contribution in [2.45, 2.75) is 54.0 Å². The Morgan fingerprint density at radius 2 is 1.84 bits per heavy atom.